The maximum atomic E-state index is 12.8. The molecule has 0 atom stereocenters. The molecule has 0 unspecified atom stereocenters. The van der Waals surface area contributed by atoms with Gasteiger partial charge in [-0.3, -0.25) is 29.4 Å². The fourth-order valence-electron chi connectivity index (χ4n) is 3.56. The number of carbonyl (C=O) groups excluding carboxylic acids is 4. The molecule has 3 aromatic rings. The van der Waals surface area contributed by atoms with Crippen LogP contribution in [0.4, 0.5) is 16.2 Å². The van der Waals surface area contributed by atoms with Crippen LogP contribution in [-0.4, -0.2) is 46.0 Å². The molecule has 39 heavy (non-hydrogen) atoms. The Bertz CT molecular complexity index is 1520. The Morgan fingerprint density at radius 1 is 1.18 bits per heavy atom. The zero-order valence-corrected chi connectivity index (χ0v) is 21.9. The van der Waals surface area contributed by atoms with Gasteiger partial charge in [-0.25, -0.2) is 4.79 Å². The molecule has 0 bridgehead atoms. The monoisotopic (exact) mass is 569 g/mol. The topological polar surface area (TPSA) is 149 Å². The number of halogens is 1. The normalized spacial score (nSPS) is 14.1. The lowest BCUT2D eigenvalue weighted by Crippen LogP contribution is -2.36. The predicted octanol–water partition coefficient (Wildman–Crippen LogP) is 5.75. The number of esters is 1. The highest BCUT2D eigenvalue weighted by Gasteiger charge is 2.36. The number of amides is 3. The first-order valence-corrected chi connectivity index (χ1v) is 12.7. The van der Waals surface area contributed by atoms with Crippen molar-refractivity contribution in [2.75, 3.05) is 18.5 Å². The van der Waals surface area contributed by atoms with Gasteiger partial charge in [0.1, 0.15) is 18.1 Å². The maximum Gasteiger partial charge on any atom is 0.339 e. The Morgan fingerprint density at radius 2 is 1.95 bits per heavy atom. The molecule has 1 aliphatic heterocycles. The van der Waals surface area contributed by atoms with Crippen LogP contribution in [0.5, 0.6) is 0 Å². The van der Waals surface area contributed by atoms with E-state index >= 15 is 0 Å². The van der Waals surface area contributed by atoms with Gasteiger partial charge in [-0.05, 0) is 54.6 Å². The van der Waals surface area contributed by atoms with E-state index in [1.807, 2.05) is 6.92 Å². The average molecular weight is 570 g/mol. The van der Waals surface area contributed by atoms with E-state index in [0.29, 0.717) is 18.2 Å². The molecule has 0 saturated carbocycles. The van der Waals surface area contributed by atoms with Crippen LogP contribution >= 0.6 is 23.4 Å². The Balaban J connectivity index is 1.44. The van der Waals surface area contributed by atoms with Gasteiger partial charge in [0.2, 0.25) is 5.91 Å². The Morgan fingerprint density at radius 3 is 2.69 bits per heavy atom. The van der Waals surface area contributed by atoms with Crippen molar-refractivity contribution in [3.05, 3.63) is 86.0 Å². The number of ether oxygens (including phenoxy) is 1. The molecule has 0 aliphatic carbocycles. The van der Waals surface area contributed by atoms with Crippen LogP contribution in [0.3, 0.4) is 0 Å². The number of para-hydroxylation sites is 1. The van der Waals surface area contributed by atoms with Gasteiger partial charge in [0, 0.05) is 17.8 Å². The van der Waals surface area contributed by atoms with Crippen molar-refractivity contribution >= 4 is 63.8 Å². The second-order valence-corrected chi connectivity index (χ2v) is 9.52. The van der Waals surface area contributed by atoms with Crippen LogP contribution in [0.1, 0.15) is 29.5 Å². The van der Waals surface area contributed by atoms with Gasteiger partial charge in [0.15, 0.2) is 0 Å². The standard InChI is InChI=1S/C26H20ClN3O8S/c1-2-11-37-25(33)18-12-15(7-9-19(18)27)28-23(31)14-29-24(32)22(39-26(29)34)13-16-8-10-21(38-16)17-5-3-4-6-20(17)30(35)36/h3-10,12-13H,2,11,14H2,1H3,(H,28,31)/b22-13+. The summed E-state index contributed by atoms with van der Waals surface area (Å²) in [4.78, 5) is 61.6. The van der Waals surface area contributed by atoms with Gasteiger partial charge in [-0.1, -0.05) is 30.7 Å². The third-order valence-corrected chi connectivity index (χ3v) is 6.59. The molecule has 0 spiro atoms. The van der Waals surface area contributed by atoms with Gasteiger partial charge in [-0.15, -0.1) is 0 Å². The molecule has 2 aromatic carbocycles. The predicted molar refractivity (Wildman–Crippen MR) is 144 cm³/mol. The molecule has 4 rings (SSSR count). The molecule has 3 amide bonds. The number of benzene rings is 2. The molecule has 1 N–H and O–H groups in total. The summed E-state index contributed by atoms with van der Waals surface area (Å²) in [6, 6.07) is 13.3. The Hall–Kier alpha value is -4.42. The molecule has 13 heteroatoms. The van der Waals surface area contributed by atoms with Crippen molar-refractivity contribution in [2.45, 2.75) is 13.3 Å². The lowest BCUT2D eigenvalue weighted by molar-refractivity contribution is -0.384. The smallest absolute Gasteiger partial charge is 0.339 e. The molecule has 11 nitrogen and oxygen atoms in total. The molecule has 1 saturated heterocycles. The second kappa shape index (κ2) is 12.0. The third-order valence-electron chi connectivity index (χ3n) is 5.35. The first-order chi connectivity index (χ1) is 18.7. The van der Waals surface area contributed by atoms with E-state index in [9.17, 15) is 29.3 Å². The van der Waals surface area contributed by atoms with E-state index < -0.39 is 34.5 Å². The highest BCUT2D eigenvalue weighted by atomic mass is 35.5. The molecular formula is C26H20ClN3O8S. The largest absolute Gasteiger partial charge is 0.462 e. The number of nitrogens with one attached hydrogen (secondary N) is 1. The zero-order valence-electron chi connectivity index (χ0n) is 20.3. The van der Waals surface area contributed by atoms with Crippen molar-refractivity contribution in [3.63, 3.8) is 0 Å². The van der Waals surface area contributed by atoms with E-state index in [4.69, 9.17) is 20.8 Å². The molecule has 2 heterocycles. The number of rotatable bonds is 9. The van der Waals surface area contributed by atoms with E-state index in [-0.39, 0.29) is 50.6 Å². The number of nitrogens with zero attached hydrogens (tertiary/aromatic N) is 2. The third kappa shape index (κ3) is 6.36. The van der Waals surface area contributed by atoms with E-state index in [2.05, 4.69) is 5.32 Å². The van der Waals surface area contributed by atoms with Crippen LogP contribution in [-0.2, 0) is 14.3 Å². The number of nitro benzene ring substituents is 1. The molecule has 0 radical (unpaired) electrons. The molecule has 1 aliphatic rings. The van der Waals surface area contributed by atoms with Crippen LogP contribution in [0.25, 0.3) is 17.4 Å². The minimum Gasteiger partial charge on any atom is -0.462 e. The van der Waals surface area contributed by atoms with Crippen LogP contribution in [0, 0.1) is 10.1 Å². The molecule has 200 valence electrons. The molecule has 1 aromatic heterocycles. The average Bonchev–Trinajstić information content (AvgIpc) is 3.48. The summed E-state index contributed by atoms with van der Waals surface area (Å²) in [7, 11) is 0. The SMILES string of the molecule is CCCOC(=O)c1cc(NC(=O)CN2C(=O)S/C(=C/c3ccc(-c4ccccc4[N+](=O)[O-])o3)C2=O)ccc1Cl. The Labute approximate surface area is 230 Å². The first kappa shape index (κ1) is 27.6. The number of carbonyl (C=O) groups is 4. The fourth-order valence-corrected chi connectivity index (χ4v) is 4.57. The van der Waals surface area contributed by atoms with E-state index in [0.717, 1.165) is 4.90 Å². The highest BCUT2D eigenvalue weighted by molar-refractivity contribution is 8.18. The van der Waals surface area contributed by atoms with Gasteiger partial charge >= 0.3 is 5.97 Å². The van der Waals surface area contributed by atoms with Crippen molar-refractivity contribution in [3.8, 4) is 11.3 Å². The minimum atomic E-state index is -0.705. The summed E-state index contributed by atoms with van der Waals surface area (Å²) in [5, 5.41) is 13.3. The number of hydrogen-bond donors (Lipinski definition) is 1. The van der Waals surface area contributed by atoms with Crippen molar-refractivity contribution in [1.82, 2.24) is 4.90 Å². The number of furan rings is 1. The summed E-state index contributed by atoms with van der Waals surface area (Å²) in [6.07, 6.45) is 1.96. The summed E-state index contributed by atoms with van der Waals surface area (Å²) < 4.78 is 10.7. The second-order valence-electron chi connectivity index (χ2n) is 8.12. The zero-order chi connectivity index (χ0) is 28.1. The number of imide groups is 1. The van der Waals surface area contributed by atoms with Gasteiger partial charge < -0.3 is 14.5 Å². The summed E-state index contributed by atoms with van der Waals surface area (Å²) >= 11 is 6.69. The van der Waals surface area contributed by atoms with Crippen molar-refractivity contribution in [2.24, 2.45) is 0 Å². The van der Waals surface area contributed by atoms with Crippen LogP contribution in [0.15, 0.2) is 63.9 Å². The summed E-state index contributed by atoms with van der Waals surface area (Å²) in [5.41, 5.74) is 0.412. The molecular weight excluding hydrogens is 550 g/mol. The maximum absolute atomic E-state index is 12.8. The van der Waals surface area contributed by atoms with E-state index in [1.54, 1.807) is 6.07 Å². The summed E-state index contributed by atoms with van der Waals surface area (Å²) in [5.74, 6) is -1.61. The number of hydrogen-bond acceptors (Lipinski definition) is 9. The number of nitro groups is 1. The number of thioether (sulfide) groups is 1. The van der Waals surface area contributed by atoms with Crippen LogP contribution < -0.4 is 5.32 Å². The van der Waals surface area contributed by atoms with Crippen molar-refractivity contribution in [1.29, 1.82) is 0 Å². The highest BCUT2D eigenvalue weighted by Crippen LogP contribution is 2.35. The lowest BCUT2D eigenvalue weighted by Gasteiger charge is -2.13. The quantitative estimate of drug-likeness (QED) is 0.147. The summed E-state index contributed by atoms with van der Waals surface area (Å²) in [6.45, 7) is 1.49. The minimum absolute atomic E-state index is 0.0173. The van der Waals surface area contributed by atoms with Gasteiger partial charge in [-0.2, -0.15) is 0 Å². The van der Waals surface area contributed by atoms with E-state index in [1.165, 1.54) is 54.6 Å². The van der Waals surface area contributed by atoms with Gasteiger partial charge in [0.05, 0.1) is 32.6 Å². The molecule has 1 fully saturated rings. The van der Waals surface area contributed by atoms with Gasteiger partial charge in [0.25, 0.3) is 16.8 Å². The lowest BCUT2D eigenvalue weighted by atomic mass is 10.1. The van der Waals surface area contributed by atoms with Crippen molar-refractivity contribution < 1.29 is 33.3 Å². The fraction of sp³-hybridized carbons (Fsp3) is 0.154. The Kier molecular flexibility index (Phi) is 8.47. The van der Waals surface area contributed by atoms with Crippen LogP contribution in [0.2, 0.25) is 5.02 Å². The first-order valence-electron chi connectivity index (χ1n) is 11.5. The number of anilines is 1.